The number of aryl methyl sites for hydroxylation is 1. The number of rotatable bonds is 8. The van der Waals surface area contributed by atoms with Crippen LogP contribution in [0.1, 0.15) is 55.5 Å². The van der Waals surface area contributed by atoms with Crippen molar-refractivity contribution in [3.63, 3.8) is 0 Å². The van der Waals surface area contributed by atoms with E-state index in [1.54, 1.807) is 0 Å². The number of hydrogen-bond acceptors (Lipinski definition) is 4. The average Bonchev–Trinajstić information content (AvgIpc) is 3.21. The van der Waals surface area contributed by atoms with Crippen LogP contribution in [0.5, 0.6) is 0 Å². The highest BCUT2D eigenvalue weighted by Crippen LogP contribution is 2.25. The number of hydrogen-bond donors (Lipinski definition) is 1. The predicted molar refractivity (Wildman–Crippen MR) is 102 cm³/mol. The van der Waals surface area contributed by atoms with Crippen molar-refractivity contribution in [2.24, 2.45) is 5.92 Å². The molecule has 0 amide bonds. The number of aromatic nitrogens is 2. The van der Waals surface area contributed by atoms with Crippen LogP contribution < -0.4 is 0 Å². The number of nitrogens with zero attached hydrogens (tertiary/aromatic N) is 4. The van der Waals surface area contributed by atoms with E-state index in [-0.39, 0.29) is 6.61 Å². The van der Waals surface area contributed by atoms with E-state index in [1.807, 2.05) is 4.68 Å². The Labute approximate surface area is 153 Å². The van der Waals surface area contributed by atoms with Gasteiger partial charge in [-0.2, -0.15) is 5.10 Å². The largest absolute Gasteiger partial charge is 0.394 e. The number of likely N-dealkylation sites (tertiary alicyclic amines) is 2. The standard InChI is InChI=1S/C20H36N4O/c1-17-20(18(2)24(21-17)14-15-25)16-23-12-7-19(8-13-23)6-5-11-22-9-3-4-10-22/h19,25H,3-16H2,1-2H3. The topological polar surface area (TPSA) is 44.5 Å². The van der Waals surface area contributed by atoms with Crippen molar-refractivity contribution in [2.45, 2.75) is 65.5 Å². The average molecular weight is 349 g/mol. The molecule has 0 unspecified atom stereocenters. The summed E-state index contributed by atoms with van der Waals surface area (Å²) in [5.74, 6) is 0.929. The van der Waals surface area contributed by atoms with Crippen molar-refractivity contribution in [1.82, 2.24) is 19.6 Å². The van der Waals surface area contributed by atoms with Crippen molar-refractivity contribution in [2.75, 3.05) is 39.3 Å². The maximum atomic E-state index is 9.16. The van der Waals surface area contributed by atoms with Gasteiger partial charge in [0.15, 0.2) is 0 Å². The van der Waals surface area contributed by atoms with Gasteiger partial charge >= 0.3 is 0 Å². The smallest absolute Gasteiger partial charge is 0.0644 e. The van der Waals surface area contributed by atoms with E-state index in [0.29, 0.717) is 6.54 Å². The number of aliphatic hydroxyl groups excluding tert-OH is 1. The Kier molecular flexibility index (Phi) is 6.91. The highest BCUT2D eigenvalue weighted by molar-refractivity contribution is 5.24. The second kappa shape index (κ2) is 9.15. The lowest BCUT2D eigenvalue weighted by atomic mass is 9.92. The summed E-state index contributed by atoms with van der Waals surface area (Å²) in [6.07, 6.45) is 8.32. The fourth-order valence-corrected chi connectivity index (χ4v) is 4.54. The molecule has 2 saturated heterocycles. The molecule has 0 aromatic carbocycles. The molecule has 1 N–H and O–H groups in total. The van der Waals surface area contributed by atoms with Gasteiger partial charge in [0.25, 0.3) is 0 Å². The van der Waals surface area contributed by atoms with E-state index in [1.165, 1.54) is 82.5 Å². The zero-order chi connectivity index (χ0) is 17.6. The molecule has 2 aliphatic heterocycles. The minimum atomic E-state index is 0.157. The molecular weight excluding hydrogens is 312 g/mol. The Morgan fingerprint density at radius 2 is 1.72 bits per heavy atom. The van der Waals surface area contributed by atoms with E-state index in [2.05, 4.69) is 28.7 Å². The highest BCUT2D eigenvalue weighted by atomic mass is 16.3. The molecule has 142 valence electrons. The van der Waals surface area contributed by atoms with Crippen molar-refractivity contribution in [1.29, 1.82) is 0 Å². The summed E-state index contributed by atoms with van der Waals surface area (Å²) < 4.78 is 1.95. The molecule has 2 aliphatic rings. The Hall–Kier alpha value is -0.910. The second-order valence-corrected chi connectivity index (χ2v) is 8.01. The fraction of sp³-hybridized carbons (Fsp3) is 0.850. The summed E-state index contributed by atoms with van der Waals surface area (Å²) >= 11 is 0. The van der Waals surface area contributed by atoms with E-state index >= 15 is 0 Å². The number of aliphatic hydroxyl groups is 1. The molecule has 1 aromatic rings. The second-order valence-electron chi connectivity index (χ2n) is 8.01. The molecule has 0 radical (unpaired) electrons. The van der Waals surface area contributed by atoms with Gasteiger partial charge in [-0.05, 0) is 91.0 Å². The molecule has 0 atom stereocenters. The third kappa shape index (κ3) is 5.05. The lowest BCUT2D eigenvalue weighted by Gasteiger charge is -2.32. The summed E-state index contributed by atoms with van der Waals surface area (Å²) in [5.41, 5.74) is 3.71. The highest BCUT2D eigenvalue weighted by Gasteiger charge is 2.22. The molecular formula is C20H36N4O. The first-order valence-electron chi connectivity index (χ1n) is 10.3. The SMILES string of the molecule is Cc1nn(CCO)c(C)c1CN1CCC(CCCN2CCCC2)CC1. The molecule has 3 heterocycles. The minimum Gasteiger partial charge on any atom is -0.394 e. The van der Waals surface area contributed by atoms with Gasteiger partial charge in [0.1, 0.15) is 0 Å². The molecule has 0 aliphatic carbocycles. The lowest BCUT2D eigenvalue weighted by molar-refractivity contribution is 0.167. The van der Waals surface area contributed by atoms with Gasteiger partial charge in [0.2, 0.25) is 0 Å². The third-order valence-electron chi connectivity index (χ3n) is 6.22. The summed E-state index contributed by atoms with van der Waals surface area (Å²) in [5, 5.41) is 13.7. The molecule has 1 aromatic heterocycles. The summed E-state index contributed by atoms with van der Waals surface area (Å²) in [6.45, 7) is 12.4. The van der Waals surface area contributed by atoms with Crippen molar-refractivity contribution in [3.05, 3.63) is 17.0 Å². The molecule has 3 rings (SSSR count). The van der Waals surface area contributed by atoms with Crippen LogP contribution in [-0.2, 0) is 13.1 Å². The van der Waals surface area contributed by atoms with Crippen molar-refractivity contribution in [3.8, 4) is 0 Å². The van der Waals surface area contributed by atoms with Crippen LogP contribution in [0, 0.1) is 19.8 Å². The van der Waals surface area contributed by atoms with Crippen LogP contribution in [0.3, 0.4) is 0 Å². The van der Waals surface area contributed by atoms with Crippen LogP contribution >= 0.6 is 0 Å². The van der Waals surface area contributed by atoms with Gasteiger partial charge in [-0.25, -0.2) is 0 Å². The zero-order valence-electron chi connectivity index (χ0n) is 16.2. The van der Waals surface area contributed by atoms with Gasteiger partial charge in [0.05, 0.1) is 18.8 Å². The molecule has 5 nitrogen and oxygen atoms in total. The van der Waals surface area contributed by atoms with E-state index < -0.39 is 0 Å². The van der Waals surface area contributed by atoms with Gasteiger partial charge in [-0.15, -0.1) is 0 Å². The lowest BCUT2D eigenvalue weighted by Crippen LogP contribution is -2.33. The Morgan fingerprint density at radius 3 is 2.40 bits per heavy atom. The Bertz CT molecular complexity index is 528. The molecule has 5 heteroatoms. The Balaban J connectivity index is 1.40. The van der Waals surface area contributed by atoms with Crippen LogP contribution in [0.25, 0.3) is 0 Å². The Morgan fingerprint density at radius 1 is 1.00 bits per heavy atom. The van der Waals surface area contributed by atoms with E-state index in [9.17, 15) is 0 Å². The van der Waals surface area contributed by atoms with Crippen LogP contribution in [-0.4, -0.2) is 64.0 Å². The van der Waals surface area contributed by atoms with Gasteiger partial charge in [0, 0.05) is 17.8 Å². The molecule has 25 heavy (non-hydrogen) atoms. The third-order valence-corrected chi connectivity index (χ3v) is 6.22. The summed E-state index contributed by atoms with van der Waals surface area (Å²) in [6, 6.07) is 0. The molecule has 2 fully saturated rings. The van der Waals surface area contributed by atoms with Crippen LogP contribution in [0.15, 0.2) is 0 Å². The molecule has 0 spiro atoms. The van der Waals surface area contributed by atoms with Gasteiger partial charge in [-0.1, -0.05) is 0 Å². The first kappa shape index (κ1) is 18.9. The van der Waals surface area contributed by atoms with Gasteiger partial charge in [-0.3, -0.25) is 9.58 Å². The van der Waals surface area contributed by atoms with E-state index in [4.69, 9.17) is 5.11 Å². The predicted octanol–water partition coefficient (Wildman–Crippen LogP) is 2.58. The minimum absolute atomic E-state index is 0.157. The van der Waals surface area contributed by atoms with Crippen LogP contribution in [0.2, 0.25) is 0 Å². The fourth-order valence-electron chi connectivity index (χ4n) is 4.54. The quantitative estimate of drug-likeness (QED) is 0.784. The maximum Gasteiger partial charge on any atom is 0.0644 e. The summed E-state index contributed by atoms with van der Waals surface area (Å²) in [4.78, 5) is 5.24. The van der Waals surface area contributed by atoms with Gasteiger partial charge < -0.3 is 10.0 Å². The molecule has 0 saturated carbocycles. The first-order chi connectivity index (χ1) is 12.2. The summed E-state index contributed by atoms with van der Waals surface area (Å²) in [7, 11) is 0. The van der Waals surface area contributed by atoms with Crippen molar-refractivity contribution < 1.29 is 5.11 Å². The normalized spacial score (nSPS) is 20.6. The number of piperidine rings is 1. The monoisotopic (exact) mass is 348 g/mol. The maximum absolute atomic E-state index is 9.16. The van der Waals surface area contributed by atoms with Crippen molar-refractivity contribution >= 4 is 0 Å². The first-order valence-corrected chi connectivity index (χ1v) is 10.3. The molecule has 0 bridgehead atoms. The van der Waals surface area contributed by atoms with E-state index in [0.717, 1.165) is 18.2 Å². The zero-order valence-corrected chi connectivity index (χ0v) is 16.2. The van der Waals surface area contributed by atoms with Crippen LogP contribution in [0.4, 0.5) is 0 Å².